The minimum absolute atomic E-state index is 0.466. The van der Waals surface area contributed by atoms with Crippen molar-refractivity contribution in [2.24, 2.45) is 0 Å². The lowest BCUT2D eigenvalue weighted by atomic mass is 10.2. The highest BCUT2D eigenvalue weighted by Crippen LogP contribution is 2.21. The number of nitrogens with zero attached hydrogens (tertiary/aromatic N) is 2. The van der Waals surface area contributed by atoms with Crippen molar-refractivity contribution in [2.45, 2.75) is 26.9 Å². The molecule has 0 saturated heterocycles. The summed E-state index contributed by atoms with van der Waals surface area (Å²) in [5, 5.41) is 0. The highest BCUT2D eigenvalue weighted by molar-refractivity contribution is 9.10. The van der Waals surface area contributed by atoms with Crippen LogP contribution in [0, 0.1) is 6.92 Å². The Balaban J connectivity index is 2.14. The number of nitrogens with two attached hydrogens (primary N) is 1. The Hall–Kier alpha value is -1.62. The van der Waals surface area contributed by atoms with Crippen molar-refractivity contribution in [3.05, 3.63) is 45.7 Å². The van der Waals surface area contributed by atoms with Gasteiger partial charge in [0.15, 0.2) is 0 Å². The zero-order valence-corrected chi connectivity index (χ0v) is 12.6. The number of anilines is 1. The van der Waals surface area contributed by atoms with Crippen LogP contribution in [-0.2, 0) is 13.0 Å². The number of hydrogen-bond donors (Lipinski definition) is 1. The number of aromatic nitrogens is 2. The maximum absolute atomic E-state index is 5.85. The van der Waals surface area contributed by atoms with E-state index in [4.69, 9.17) is 10.5 Å². The van der Waals surface area contributed by atoms with Gasteiger partial charge in [0.1, 0.15) is 18.2 Å². The Morgan fingerprint density at radius 1 is 1.21 bits per heavy atom. The molecule has 0 unspecified atom stereocenters. The third kappa shape index (κ3) is 3.44. The van der Waals surface area contributed by atoms with Crippen LogP contribution in [0.2, 0.25) is 0 Å². The molecular formula is C14H16BrN3O. The second-order valence-corrected chi connectivity index (χ2v) is 5.14. The molecule has 0 bridgehead atoms. The van der Waals surface area contributed by atoms with Gasteiger partial charge in [-0.2, -0.15) is 4.98 Å². The van der Waals surface area contributed by atoms with Crippen LogP contribution in [0.1, 0.15) is 23.9 Å². The third-order valence-electron chi connectivity index (χ3n) is 2.79. The number of ether oxygens (including phenoxy) is 1. The second-order valence-electron chi connectivity index (χ2n) is 4.22. The van der Waals surface area contributed by atoms with Crippen molar-refractivity contribution in [1.82, 2.24) is 9.97 Å². The standard InChI is InChI=1S/C14H16BrN3O/c1-3-12-17-13(16)9(2)14(18-12)19-8-10-4-6-11(15)7-5-10/h4-7H,3,8H2,1-2H3,(H2,16,17,18). The maximum Gasteiger partial charge on any atom is 0.222 e. The molecule has 19 heavy (non-hydrogen) atoms. The lowest BCUT2D eigenvalue weighted by molar-refractivity contribution is 0.290. The zero-order valence-electron chi connectivity index (χ0n) is 11.0. The van der Waals surface area contributed by atoms with Gasteiger partial charge in [-0.1, -0.05) is 35.0 Å². The number of rotatable bonds is 4. The fraction of sp³-hybridized carbons (Fsp3) is 0.286. The van der Waals surface area contributed by atoms with E-state index in [1.807, 2.05) is 38.1 Å². The van der Waals surface area contributed by atoms with Crippen LogP contribution in [0.25, 0.3) is 0 Å². The molecule has 1 aromatic carbocycles. The van der Waals surface area contributed by atoms with Gasteiger partial charge in [0.25, 0.3) is 0 Å². The SMILES string of the molecule is CCc1nc(N)c(C)c(OCc2ccc(Br)cc2)n1. The van der Waals surface area contributed by atoms with Crippen molar-refractivity contribution < 1.29 is 4.74 Å². The van der Waals surface area contributed by atoms with Crippen LogP contribution in [0.4, 0.5) is 5.82 Å². The summed E-state index contributed by atoms with van der Waals surface area (Å²) < 4.78 is 6.79. The molecule has 2 rings (SSSR count). The quantitative estimate of drug-likeness (QED) is 0.938. The smallest absolute Gasteiger partial charge is 0.222 e. The molecule has 0 aliphatic carbocycles. The molecular weight excluding hydrogens is 306 g/mol. The monoisotopic (exact) mass is 321 g/mol. The van der Waals surface area contributed by atoms with Crippen LogP contribution in [0.5, 0.6) is 5.88 Å². The molecule has 0 spiro atoms. The highest BCUT2D eigenvalue weighted by Gasteiger charge is 2.09. The van der Waals surface area contributed by atoms with Gasteiger partial charge in [0, 0.05) is 10.9 Å². The van der Waals surface area contributed by atoms with Crippen molar-refractivity contribution in [2.75, 3.05) is 5.73 Å². The molecule has 0 aliphatic rings. The van der Waals surface area contributed by atoms with E-state index in [2.05, 4.69) is 25.9 Å². The highest BCUT2D eigenvalue weighted by atomic mass is 79.9. The van der Waals surface area contributed by atoms with Gasteiger partial charge in [-0.15, -0.1) is 0 Å². The molecule has 1 heterocycles. The van der Waals surface area contributed by atoms with E-state index in [9.17, 15) is 0 Å². The number of hydrogen-bond acceptors (Lipinski definition) is 4. The molecule has 0 saturated carbocycles. The minimum atomic E-state index is 0.466. The summed E-state index contributed by atoms with van der Waals surface area (Å²) in [6.07, 6.45) is 0.735. The first-order valence-electron chi connectivity index (χ1n) is 6.10. The van der Waals surface area contributed by atoms with E-state index in [0.717, 1.165) is 22.0 Å². The molecule has 100 valence electrons. The first-order chi connectivity index (χ1) is 9.10. The Bertz CT molecular complexity index is 570. The summed E-state index contributed by atoms with van der Waals surface area (Å²) in [4.78, 5) is 8.56. The van der Waals surface area contributed by atoms with Crippen LogP contribution >= 0.6 is 15.9 Å². The number of aryl methyl sites for hydroxylation is 1. The zero-order chi connectivity index (χ0) is 13.8. The van der Waals surface area contributed by atoms with Crippen LogP contribution in [0.3, 0.4) is 0 Å². The van der Waals surface area contributed by atoms with E-state index >= 15 is 0 Å². The summed E-state index contributed by atoms with van der Waals surface area (Å²) in [7, 11) is 0. The Morgan fingerprint density at radius 3 is 2.53 bits per heavy atom. The molecule has 0 fully saturated rings. The summed E-state index contributed by atoms with van der Waals surface area (Å²) in [6, 6.07) is 7.98. The topological polar surface area (TPSA) is 61.0 Å². The van der Waals surface area contributed by atoms with Crippen LogP contribution in [0.15, 0.2) is 28.7 Å². The lowest BCUT2D eigenvalue weighted by Crippen LogP contribution is -2.06. The number of nitrogen functional groups attached to an aromatic ring is 1. The molecule has 2 aromatic rings. The number of benzene rings is 1. The van der Waals surface area contributed by atoms with Crippen molar-refractivity contribution in [1.29, 1.82) is 0 Å². The van der Waals surface area contributed by atoms with Crippen molar-refractivity contribution in [3.63, 3.8) is 0 Å². The molecule has 5 heteroatoms. The van der Waals surface area contributed by atoms with E-state index < -0.39 is 0 Å². The summed E-state index contributed by atoms with van der Waals surface area (Å²) in [5.41, 5.74) is 7.72. The summed E-state index contributed by atoms with van der Waals surface area (Å²) in [6.45, 7) is 4.32. The average Bonchev–Trinajstić information content (AvgIpc) is 2.42. The van der Waals surface area contributed by atoms with Gasteiger partial charge < -0.3 is 10.5 Å². The number of halogens is 1. The molecule has 0 radical (unpaired) electrons. The Labute approximate surface area is 121 Å². The van der Waals surface area contributed by atoms with Crippen molar-refractivity contribution in [3.8, 4) is 5.88 Å². The first-order valence-corrected chi connectivity index (χ1v) is 6.89. The molecule has 2 N–H and O–H groups in total. The fourth-order valence-corrected chi connectivity index (χ4v) is 1.85. The molecule has 0 amide bonds. The predicted molar refractivity (Wildman–Crippen MR) is 79.0 cm³/mol. The summed E-state index contributed by atoms with van der Waals surface area (Å²) in [5.74, 6) is 1.75. The largest absolute Gasteiger partial charge is 0.472 e. The molecule has 0 atom stereocenters. The average molecular weight is 322 g/mol. The molecule has 4 nitrogen and oxygen atoms in total. The third-order valence-corrected chi connectivity index (χ3v) is 3.32. The minimum Gasteiger partial charge on any atom is -0.472 e. The van der Waals surface area contributed by atoms with E-state index in [0.29, 0.717) is 24.1 Å². The van der Waals surface area contributed by atoms with Gasteiger partial charge >= 0.3 is 0 Å². The van der Waals surface area contributed by atoms with Gasteiger partial charge in [0.05, 0.1) is 5.56 Å². The first kappa shape index (κ1) is 13.8. The van der Waals surface area contributed by atoms with Gasteiger partial charge in [0.2, 0.25) is 5.88 Å². The van der Waals surface area contributed by atoms with Gasteiger partial charge in [-0.3, -0.25) is 0 Å². The second kappa shape index (κ2) is 6.02. The van der Waals surface area contributed by atoms with E-state index in [-0.39, 0.29) is 0 Å². The lowest BCUT2D eigenvalue weighted by Gasteiger charge is -2.11. The van der Waals surface area contributed by atoms with Gasteiger partial charge in [-0.05, 0) is 24.6 Å². The summed E-state index contributed by atoms with van der Waals surface area (Å²) >= 11 is 3.40. The van der Waals surface area contributed by atoms with Crippen LogP contribution in [-0.4, -0.2) is 9.97 Å². The predicted octanol–water partition coefficient (Wildman–Crippen LogP) is 3.27. The molecule has 0 aliphatic heterocycles. The Morgan fingerprint density at radius 2 is 1.89 bits per heavy atom. The van der Waals surface area contributed by atoms with E-state index in [1.54, 1.807) is 0 Å². The molecule has 1 aromatic heterocycles. The fourth-order valence-electron chi connectivity index (χ4n) is 1.59. The van der Waals surface area contributed by atoms with Crippen LogP contribution < -0.4 is 10.5 Å². The maximum atomic E-state index is 5.85. The van der Waals surface area contributed by atoms with Gasteiger partial charge in [-0.25, -0.2) is 4.98 Å². The van der Waals surface area contributed by atoms with E-state index in [1.165, 1.54) is 0 Å². The normalized spacial score (nSPS) is 10.5. The van der Waals surface area contributed by atoms with Crippen molar-refractivity contribution >= 4 is 21.7 Å². The Kier molecular flexibility index (Phi) is 4.37.